The van der Waals surface area contributed by atoms with Crippen LogP contribution < -0.4 is 5.32 Å². The van der Waals surface area contributed by atoms with E-state index in [1.165, 1.54) is 0 Å². The third-order valence-corrected chi connectivity index (χ3v) is 3.08. The van der Waals surface area contributed by atoms with Crippen LogP contribution in [0.25, 0.3) is 0 Å². The Morgan fingerprint density at radius 2 is 1.86 bits per heavy atom. The van der Waals surface area contributed by atoms with Crippen LogP contribution in [0.3, 0.4) is 0 Å². The van der Waals surface area contributed by atoms with Crippen molar-refractivity contribution in [1.29, 1.82) is 0 Å². The van der Waals surface area contributed by atoms with Gasteiger partial charge in [-0.25, -0.2) is 0 Å². The lowest BCUT2D eigenvalue weighted by Crippen LogP contribution is -2.25. The standard InChI is InChI=1S/C10H16NO2P/c1-8(11-9(2)14(12)13)10-6-4-3-5-7-10/h3-9,11,14H,1-2H3,(H,12,13)/t8-,9+/m0/s1. The highest BCUT2D eigenvalue weighted by molar-refractivity contribution is 7.38. The summed E-state index contributed by atoms with van der Waals surface area (Å²) in [5, 5.41) is 3.08. The Morgan fingerprint density at radius 1 is 1.29 bits per heavy atom. The molecule has 0 spiro atoms. The summed E-state index contributed by atoms with van der Waals surface area (Å²) in [6.07, 6.45) is 0. The molecule has 0 saturated heterocycles. The Hall–Kier alpha value is -0.630. The van der Waals surface area contributed by atoms with Gasteiger partial charge in [0, 0.05) is 6.04 Å². The van der Waals surface area contributed by atoms with Crippen LogP contribution in [0.15, 0.2) is 30.3 Å². The fraction of sp³-hybridized carbons (Fsp3) is 0.400. The Balaban J connectivity index is 2.59. The first-order valence-corrected chi connectivity index (χ1v) is 6.08. The Labute approximate surface area is 85.0 Å². The number of benzene rings is 1. The Kier molecular flexibility index (Phi) is 4.33. The van der Waals surface area contributed by atoms with Gasteiger partial charge in [0.15, 0.2) is 0 Å². The lowest BCUT2D eigenvalue weighted by atomic mass is 10.1. The van der Waals surface area contributed by atoms with Crippen LogP contribution in [0.2, 0.25) is 0 Å². The second-order valence-corrected chi connectivity index (χ2v) is 4.90. The average molecular weight is 213 g/mol. The van der Waals surface area contributed by atoms with Gasteiger partial charge in [-0.05, 0) is 19.4 Å². The maximum absolute atomic E-state index is 10.8. The van der Waals surface area contributed by atoms with Crippen molar-refractivity contribution in [1.82, 2.24) is 5.32 Å². The van der Waals surface area contributed by atoms with Gasteiger partial charge in [-0.3, -0.25) is 9.88 Å². The van der Waals surface area contributed by atoms with Crippen molar-refractivity contribution in [3.63, 3.8) is 0 Å². The van der Waals surface area contributed by atoms with E-state index in [2.05, 4.69) is 5.32 Å². The lowest BCUT2D eigenvalue weighted by Gasteiger charge is -2.17. The van der Waals surface area contributed by atoms with Crippen molar-refractivity contribution < 1.29 is 9.46 Å². The maximum atomic E-state index is 10.8. The number of hydrogen-bond acceptors (Lipinski definition) is 2. The molecule has 0 bridgehead atoms. The molecule has 78 valence electrons. The highest BCUT2D eigenvalue weighted by atomic mass is 31.1. The van der Waals surface area contributed by atoms with Crippen LogP contribution in [-0.4, -0.2) is 10.7 Å². The van der Waals surface area contributed by atoms with Crippen molar-refractivity contribution in [2.24, 2.45) is 0 Å². The van der Waals surface area contributed by atoms with E-state index >= 15 is 0 Å². The van der Waals surface area contributed by atoms with Crippen molar-refractivity contribution in [3.05, 3.63) is 35.9 Å². The van der Waals surface area contributed by atoms with Crippen LogP contribution >= 0.6 is 8.03 Å². The van der Waals surface area contributed by atoms with Gasteiger partial charge in [0.05, 0.1) is 5.78 Å². The fourth-order valence-electron chi connectivity index (χ4n) is 1.28. The molecule has 1 unspecified atom stereocenters. The largest absolute Gasteiger partial charge is 0.345 e. The van der Waals surface area contributed by atoms with Crippen molar-refractivity contribution in [3.8, 4) is 0 Å². The molecule has 3 atom stereocenters. The minimum atomic E-state index is -2.48. The SMILES string of the molecule is C[C@H](N[C@@H](C)[PH](=O)O)c1ccccc1. The molecule has 0 aliphatic rings. The third-order valence-electron chi connectivity index (χ3n) is 2.17. The van der Waals surface area contributed by atoms with Gasteiger partial charge in [0.1, 0.15) is 0 Å². The molecule has 4 heteroatoms. The number of nitrogens with one attached hydrogen (secondary N) is 1. The van der Waals surface area contributed by atoms with Crippen molar-refractivity contribution in [2.75, 3.05) is 0 Å². The minimum Gasteiger partial charge on any atom is -0.345 e. The van der Waals surface area contributed by atoms with Gasteiger partial charge < -0.3 is 4.89 Å². The zero-order chi connectivity index (χ0) is 10.6. The van der Waals surface area contributed by atoms with Crippen molar-refractivity contribution >= 4 is 8.03 Å². The molecule has 0 fully saturated rings. The average Bonchev–Trinajstić information content (AvgIpc) is 2.19. The first-order valence-electron chi connectivity index (χ1n) is 4.65. The monoisotopic (exact) mass is 213 g/mol. The van der Waals surface area contributed by atoms with E-state index in [0.717, 1.165) is 5.56 Å². The van der Waals surface area contributed by atoms with Crippen LogP contribution in [0.1, 0.15) is 25.5 Å². The molecule has 0 heterocycles. The molecule has 3 nitrogen and oxygen atoms in total. The molecule has 2 N–H and O–H groups in total. The summed E-state index contributed by atoms with van der Waals surface area (Å²) in [5.74, 6) is -0.338. The topological polar surface area (TPSA) is 49.3 Å². The zero-order valence-corrected chi connectivity index (χ0v) is 9.40. The predicted molar refractivity (Wildman–Crippen MR) is 58.7 cm³/mol. The highest BCUT2D eigenvalue weighted by Gasteiger charge is 2.11. The predicted octanol–water partition coefficient (Wildman–Crippen LogP) is 2.15. The first kappa shape index (κ1) is 11.4. The van der Waals surface area contributed by atoms with Gasteiger partial charge in [0.25, 0.3) is 0 Å². The van der Waals surface area contributed by atoms with E-state index < -0.39 is 8.03 Å². The quantitative estimate of drug-likeness (QED) is 0.753. The summed E-state index contributed by atoms with van der Waals surface area (Å²) in [4.78, 5) is 8.90. The number of hydrogen-bond donors (Lipinski definition) is 2. The Bertz CT molecular complexity index is 302. The second kappa shape index (κ2) is 5.30. The molecule has 0 aliphatic carbocycles. The van der Waals surface area contributed by atoms with E-state index in [-0.39, 0.29) is 11.8 Å². The molecule has 0 aromatic heterocycles. The van der Waals surface area contributed by atoms with Crippen LogP contribution in [-0.2, 0) is 4.57 Å². The summed E-state index contributed by atoms with van der Waals surface area (Å²) >= 11 is 0. The molecule has 0 amide bonds. The maximum Gasteiger partial charge on any atom is 0.205 e. The van der Waals surface area contributed by atoms with Gasteiger partial charge in [-0.1, -0.05) is 30.3 Å². The van der Waals surface area contributed by atoms with Gasteiger partial charge >= 0.3 is 0 Å². The summed E-state index contributed by atoms with van der Waals surface area (Å²) in [7, 11) is -2.48. The van der Waals surface area contributed by atoms with Crippen LogP contribution in [0, 0.1) is 0 Å². The summed E-state index contributed by atoms with van der Waals surface area (Å²) in [5.41, 5.74) is 1.13. The smallest absolute Gasteiger partial charge is 0.205 e. The molecule has 14 heavy (non-hydrogen) atoms. The van der Waals surface area contributed by atoms with Gasteiger partial charge in [-0.15, -0.1) is 0 Å². The summed E-state index contributed by atoms with van der Waals surface area (Å²) in [6.45, 7) is 3.71. The number of rotatable bonds is 4. The minimum absolute atomic E-state index is 0.104. The second-order valence-electron chi connectivity index (χ2n) is 3.36. The van der Waals surface area contributed by atoms with E-state index in [4.69, 9.17) is 4.89 Å². The molecule has 1 aromatic carbocycles. The highest BCUT2D eigenvalue weighted by Crippen LogP contribution is 2.22. The summed E-state index contributed by atoms with van der Waals surface area (Å²) < 4.78 is 10.8. The van der Waals surface area contributed by atoms with Crippen LogP contribution in [0.5, 0.6) is 0 Å². The van der Waals surface area contributed by atoms with E-state index in [9.17, 15) is 4.57 Å². The van der Waals surface area contributed by atoms with Gasteiger partial charge in [-0.2, -0.15) is 0 Å². The van der Waals surface area contributed by atoms with Crippen molar-refractivity contribution in [2.45, 2.75) is 25.7 Å². The van der Waals surface area contributed by atoms with E-state index in [1.54, 1.807) is 6.92 Å². The normalized spacial score (nSPS) is 17.4. The molecular weight excluding hydrogens is 197 g/mol. The fourth-order valence-corrected chi connectivity index (χ4v) is 1.68. The zero-order valence-electron chi connectivity index (χ0n) is 8.40. The first-order chi connectivity index (χ1) is 6.61. The Morgan fingerprint density at radius 3 is 2.36 bits per heavy atom. The molecule has 1 aromatic rings. The molecule has 0 aliphatic heterocycles. The molecular formula is C10H16NO2P. The molecule has 1 rings (SSSR count). The molecule has 0 saturated carbocycles. The lowest BCUT2D eigenvalue weighted by molar-refractivity contribution is 0.462. The van der Waals surface area contributed by atoms with Crippen LogP contribution in [0.4, 0.5) is 0 Å². The third kappa shape index (κ3) is 3.26. The van der Waals surface area contributed by atoms with E-state index in [1.807, 2.05) is 37.3 Å². The van der Waals surface area contributed by atoms with E-state index in [0.29, 0.717) is 0 Å². The summed E-state index contributed by atoms with van der Waals surface area (Å²) in [6, 6.07) is 9.97. The van der Waals surface area contributed by atoms with Gasteiger partial charge in [0.2, 0.25) is 8.03 Å². The molecule has 0 radical (unpaired) electrons.